The van der Waals surface area contributed by atoms with Crippen LogP contribution in [-0.2, 0) is 29.2 Å². The molecule has 0 radical (unpaired) electrons. The summed E-state index contributed by atoms with van der Waals surface area (Å²) < 4.78 is 21.4. The van der Waals surface area contributed by atoms with Crippen LogP contribution in [0.1, 0.15) is 53.2 Å². The molecule has 0 bridgehead atoms. The van der Waals surface area contributed by atoms with Gasteiger partial charge >= 0.3 is 5.97 Å². The van der Waals surface area contributed by atoms with Crippen molar-refractivity contribution < 1.29 is 24.1 Å². The predicted molar refractivity (Wildman–Crippen MR) is 130 cm³/mol. The third-order valence-electron chi connectivity index (χ3n) is 7.92. The number of ether oxygens (including phenoxy) is 1. The van der Waals surface area contributed by atoms with Gasteiger partial charge in [-0.25, -0.2) is 9.37 Å². The third-order valence-corrected chi connectivity index (χ3v) is 7.92. The number of nitrogens with zero attached hydrogens (tertiary/aromatic N) is 3. The SMILES string of the molecule is Cc1cc2c(CN3CCC(CO)CC3)c3c(nc2cc1F)-c1cc2c(c(=O)n1C3)COC(=O)CC2O. The van der Waals surface area contributed by atoms with E-state index in [4.69, 9.17) is 9.72 Å². The number of aromatic nitrogens is 2. The number of fused-ring (bicyclic) bond motifs is 5. The molecule has 1 unspecified atom stereocenters. The van der Waals surface area contributed by atoms with Gasteiger partial charge in [0.25, 0.3) is 5.56 Å². The molecule has 3 aromatic rings. The summed E-state index contributed by atoms with van der Waals surface area (Å²) in [6.07, 6.45) is 0.481. The van der Waals surface area contributed by atoms with Crippen molar-refractivity contribution in [3.8, 4) is 11.4 Å². The van der Waals surface area contributed by atoms with Crippen LogP contribution >= 0.6 is 0 Å². The molecule has 5 heterocycles. The van der Waals surface area contributed by atoms with E-state index in [9.17, 15) is 24.2 Å². The molecular formula is C27H28FN3O5. The standard InChI is InChI=1S/C27H28FN3O5/c1-14-6-16-18(10-30-4-2-15(12-32)3-5-30)19-11-31-23(26(19)29-22(16)8-21(14)28)7-17-20(27(31)35)13-36-25(34)9-24(17)33/h6-8,15,24,32-33H,2-5,9-13H2,1H3. The first-order valence-corrected chi connectivity index (χ1v) is 12.4. The van der Waals surface area contributed by atoms with E-state index < -0.39 is 12.1 Å². The molecule has 0 spiro atoms. The van der Waals surface area contributed by atoms with Gasteiger partial charge in [-0.3, -0.25) is 14.5 Å². The highest BCUT2D eigenvalue weighted by Gasteiger charge is 2.33. The lowest BCUT2D eigenvalue weighted by molar-refractivity contribution is -0.146. The van der Waals surface area contributed by atoms with Crippen LogP contribution in [0.5, 0.6) is 0 Å². The Bertz CT molecular complexity index is 1460. The van der Waals surface area contributed by atoms with Gasteiger partial charge in [0.2, 0.25) is 0 Å². The third kappa shape index (κ3) is 3.73. The van der Waals surface area contributed by atoms with Gasteiger partial charge < -0.3 is 19.5 Å². The van der Waals surface area contributed by atoms with Crippen LogP contribution in [0.4, 0.5) is 4.39 Å². The summed E-state index contributed by atoms with van der Waals surface area (Å²) >= 11 is 0. The second-order valence-electron chi connectivity index (χ2n) is 10.2. The predicted octanol–water partition coefficient (Wildman–Crippen LogP) is 2.56. The molecule has 0 aliphatic carbocycles. The number of esters is 1. The monoisotopic (exact) mass is 493 g/mol. The number of piperidine rings is 1. The summed E-state index contributed by atoms with van der Waals surface area (Å²) in [5.41, 5.74) is 4.52. The highest BCUT2D eigenvalue weighted by Crippen LogP contribution is 2.39. The fourth-order valence-corrected chi connectivity index (χ4v) is 5.75. The molecule has 188 valence electrons. The zero-order valence-corrected chi connectivity index (χ0v) is 20.1. The molecule has 0 saturated carbocycles. The average molecular weight is 494 g/mol. The lowest BCUT2D eigenvalue weighted by Gasteiger charge is -2.31. The summed E-state index contributed by atoms with van der Waals surface area (Å²) in [5.74, 6) is -0.574. The summed E-state index contributed by atoms with van der Waals surface area (Å²) in [5, 5.41) is 21.0. The molecule has 1 aromatic carbocycles. The number of cyclic esters (lactones) is 1. The molecular weight excluding hydrogens is 465 g/mol. The number of likely N-dealkylation sites (tertiary alicyclic amines) is 1. The number of aliphatic hydroxyl groups is 2. The maximum Gasteiger partial charge on any atom is 0.309 e. The number of benzene rings is 1. The number of hydrogen-bond acceptors (Lipinski definition) is 7. The van der Waals surface area contributed by atoms with Crippen molar-refractivity contribution in [2.24, 2.45) is 5.92 Å². The fourth-order valence-electron chi connectivity index (χ4n) is 5.75. The molecule has 2 N–H and O–H groups in total. The van der Waals surface area contributed by atoms with Crippen LogP contribution in [-0.4, -0.2) is 50.3 Å². The van der Waals surface area contributed by atoms with Crippen LogP contribution in [0.25, 0.3) is 22.3 Å². The fraction of sp³-hybridized carbons (Fsp3) is 0.444. The van der Waals surface area contributed by atoms with Crippen LogP contribution in [0.15, 0.2) is 23.0 Å². The molecule has 9 heteroatoms. The van der Waals surface area contributed by atoms with Crippen molar-refractivity contribution >= 4 is 16.9 Å². The first-order chi connectivity index (χ1) is 17.3. The van der Waals surface area contributed by atoms with Gasteiger partial charge in [-0.1, -0.05) is 0 Å². The average Bonchev–Trinajstić information content (AvgIpc) is 3.16. The molecule has 3 aliphatic rings. The van der Waals surface area contributed by atoms with Crippen molar-refractivity contribution in [1.29, 1.82) is 0 Å². The molecule has 6 rings (SSSR count). The summed E-state index contributed by atoms with van der Waals surface area (Å²) in [6.45, 7) is 4.40. The van der Waals surface area contributed by atoms with E-state index in [-0.39, 0.29) is 36.6 Å². The number of carbonyl (C=O) groups excluding carboxylic acids is 1. The Morgan fingerprint density at radius 2 is 1.94 bits per heavy atom. The first kappa shape index (κ1) is 23.3. The second-order valence-corrected chi connectivity index (χ2v) is 10.2. The van der Waals surface area contributed by atoms with E-state index in [2.05, 4.69) is 4.90 Å². The van der Waals surface area contributed by atoms with Gasteiger partial charge in [-0.2, -0.15) is 0 Å². The van der Waals surface area contributed by atoms with Crippen molar-refractivity contribution in [1.82, 2.24) is 14.5 Å². The Morgan fingerprint density at radius 3 is 2.69 bits per heavy atom. The lowest BCUT2D eigenvalue weighted by Crippen LogP contribution is -2.34. The molecule has 1 fully saturated rings. The number of carbonyl (C=O) groups is 1. The number of pyridine rings is 2. The van der Waals surface area contributed by atoms with E-state index in [1.165, 1.54) is 6.07 Å². The van der Waals surface area contributed by atoms with Crippen molar-refractivity contribution in [2.45, 2.75) is 52.0 Å². The van der Waals surface area contributed by atoms with Gasteiger partial charge in [0, 0.05) is 30.2 Å². The van der Waals surface area contributed by atoms with E-state index in [0.29, 0.717) is 47.0 Å². The second kappa shape index (κ2) is 8.76. The number of aliphatic hydroxyl groups excluding tert-OH is 2. The first-order valence-electron chi connectivity index (χ1n) is 12.4. The van der Waals surface area contributed by atoms with Gasteiger partial charge in [0.05, 0.1) is 41.5 Å². The Morgan fingerprint density at radius 1 is 1.17 bits per heavy atom. The zero-order valence-electron chi connectivity index (χ0n) is 20.1. The topological polar surface area (TPSA) is 105 Å². The Hall–Kier alpha value is -3.14. The number of rotatable bonds is 3. The zero-order chi connectivity index (χ0) is 25.1. The normalized spacial score (nSPS) is 20.1. The molecule has 8 nitrogen and oxygen atoms in total. The molecule has 3 aliphatic heterocycles. The van der Waals surface area contributed by atoms with Crippen LogP contribution in [0, 0.1) is 18.7 Å². The number of aryl methyl sites for hydroxylation is 1. The quantitative estimate of drug-likeness (QED) is 0.423. The molecule has 1 saturated heterocycles. The highest BCUT2D eigenvalue weighted by molar-refractivity contribution is 5.88. The van der Waals surface area contributed by atoms with E-state index in [1.807, 2.05) is 6.07 Å². The summed E-state index contributed by atoms with van der Waals surface area (Å²) in [6, 6.07) is 5.00. The van der Waals surface area contributed by atoms with E-state index in [1.54, 1.807) is 17.6 Å². The molecule has 2 aromatic heterocycles. The van der Waals surface area contributed by atoms with E-state index >= 15 is 0 Å². The lowest BCUT2D eigenvalue weighted by atomic mass is 9.95. The van der Waals surface area contributed by atoms with Gasteiger partial charge in [0.1, 0.15) is 12.4 Å². The molecule has 36 heavy (non-hydrogen) atoms. The summed E-state index contributed by atoms with van der Waals surface area (Å²) in [7, 11) is 0. The van der Waals surface area contributed by atoms with Crippen molar-refractivity contribution in [3.05, 3.63) is 62.2 Å². The molecule has 1 atom stereocenters. The minimum atomic E-state index is -1.13. The Balaban J connectivity index is 1.51. The van der Waals surface area contributed by atoms with Gasteiger partial charge in [-0.15, -0.1) is 0 Å². The Kier molecular flexibility index (Phi) is 5.66. The highest BCUT2D eigenvalue weighted by atomic mass is 19.1. The van der Waals surface area contributed by atoms with Crippen molar-refractivity contribution in [2.75, 3.05) is 19.7 Å². The Labute approximate surface area is 206 Å². The van der Waals surface area contributed by atoms with Crippen LogP contribution in [0.3, 0.4) is 0 Å². The minimum Gasteiger partial charge on any atom is -0.460 e. The van der Waals surface area contributed by atoms with Gasteiger partial charge in [-0.05, 0) is 67.6 Å². The maximum atomic E-state index is 14.6. The molecule has 0 amide bonds. The number of hydrogen-bond donors (Lipinski definition) is 2. The maximum absolute atomic E-state index is 14.6. The minimum absolute atomic E-state index is 0.173. The largest absolute Gasteiger partial charge is 0.460 e. The summed E-state index contributed by atoms with van der Waals surface area (Å²) in [4.78, 5) is 32.5. The van der Waals surface area contributed by atoms with Gasteiger partial charge in [0.15, 0.2) is 0 Å². The van der Waals surface area contributed by atoms with Crippen LogP contribution in [0.2, 0.25) is 0 Å². The smallest absolute Gasteiger partial charge is 0.309 e. The number of halogens is 1. The van der Waals surface area contributed by atoms with Crippen LogP contribution < -0.4 is 5.56 Å². The van der Waals surface area contributed by atoms with Crippen molar-refractivity contribution in [3.63, 3.8) is 0 Å². The van der Waals surface area contributed by atoms with E-state index in [0.717, 1.165) is 42.4 Å².